The quantitative estimate of drug-likeness (QED) is 0.441. The second kappa shape index (κ2) is 7.33. The summed E-state index contributed by atoms with van der Waals surface area (Å²) in [6.45, 7) is 1.84. The van der Waals surface area contributed by atoms with Crippen LogP contribution in [0.15, 0.2) is 65.7 Å². The lowest BCUT2D eigenvalue weighted by Crippen LogP contribution is -2.28. The average Bonchev–Trinajstić information content (AvgIpc) is 2.56. The Morgan fingerprint density at radius 1 is 1.00 bits per heavy atom. The third kappa shape index (κ3) is 4.24. The van der Waals surface area contributed by atoms with Gasteiger partial charge >= 0.3 is 0 Å². The molecule has 5 nitrogen and oxygen atoms in total. The zero-order valence-electron chi connectivity index (χ0n) is 13.4. The van der Waals surface area contributed by atoms with Gasteiger partial charge in [-0.3, -0.25) is 9.35 Å². The number of aryl methyl sites for hydroxylation is 2. The van der Waals surface area contributed by atoms with Gasteiger partial charge in [0.25, 0.3) is 10.1 Å². The van der Waals surface area contributed by atoms with E-state index in [1.165, 1.54) is 12.1 Å². The molecule has 0 aliphatic heterocycles. The first kappa shape index (κ1) is 17.8. The van der Waals surface area contributed by atoms with Gasteiger partial charge < -0.3 is 0 Å². The zero-order valence-corrected chi connectivity index (χ0v) is 14.2. The van der Waals surface area contributed by atoms with E-state index in [0.29, 0.717) is 0 Å². The van der Waals surface area contributed by atoms with Crippen molar-refractivity contribution in [2.75, 3.05) is 0 Å². The number of aromatic nitrogens is 1. The van der Waals surface area contributed by atoms with Crippen LogP contribution in [0.2, 0.25) is 0 Å². The Kier molecular flexibility index (Phi) is 5.43. The highest BCUT2D eigenvalue weighted by molar-refractivity contribution is 7.85. The van der Waals surface area contributed by atoms with Crippen molar-refractivity contribution in [1.82, 2.24) is 0 Å². The first-order valence-electron chi connectivity index (χ1n) is 7.19. The molecule has 6 heteroatoms. The minimum absolute atomic E-state index is 0.0666. The van der Waals surface area contributed by atoms with E-state index in [1.807, 2.05) is 55.1 Å². The van der Waals surface area contributed by atoms with Crippen LogP contribution in [0.5, 0.6) is 0 Å². The summed E-state index contributed by atoms with van der Waals surface area (Å²) >= 11 is 0. The monoisotopic (exact) mass is 344 g/mol. The second-order valence-electron chi connectivity index (χ2n) is 5.31. The van der Waals surface area contributed by atoms with Crippen molar-refractivity contribution >= 4 is 27.3 Å². The summed E-state index contributed by atoms with van der Waals surface area (Å²) < 4.78 is 31.6. The maximum atomic E-state index is 10.7. The SMILES string of the molecule is C[n+]1ccc(C=O)c2ccccc21.Cc1ccc(S(=O)(=O)O)cc1. The largest absolute Gasteiger partial charge is 0.298 e. The van der Waals surface area contributed by atoms with E-state index in [2.05, 4.69) is 0 Å². The molecule has 24 heavy (non-hydrogen) atoms. The number of hydrogen-bond donors (Lipinski definition) is 1. The van der Waals surface area contributed by atoms with Gasteiger partial charge in [-0.25, -0.2) is 4.57 Å². The number of rotatable bonds is 2. The number of aldehydes is 1. The molecule has 1 aromatic heterocycles. The van der Waals surface area contributed by atoms with Crippen molar-refractivity contribution in [2.45, 2.75) is 11.8 Å². The van der Waals surface area contributed by atoms with Gasteiger partial charge in [0.1, 0.15) is 7.05 Å². The number of fused-ring (bicyclic) bond motifs is 1. The highest BCUT2D eigenvalue weighted by Gasteiger charge is 2.07. The molecule has 0 atom stereocenters. The molecule has 0 radical (unpaired) electrons. The normalized spacial score (nSPS) is 10.8. The Balaban J connectivity index is 0.000000177. The predicted molar refractivity (Wildman–Crippen MR) is 91.5 cm³/mol. The number of benzene rings is 2. The van der Waals surface area contributed by atoms with Gasteiger partial charge in [-0.05, 0) is 25.1 Å². The molecule has 3 rings (SSSR count). The van der Waals surface area contributed by atoms with Gasteiger partial charge in [0.15, 0.2) is 12.5 Å². The first-order valence-corrected chi connectivity index (χ1v) is 8.63. The molecule has 2 aromatic carbocycles. The highest BCUT2D eigenvalue weighted by Crippen LogP contribution is 2.12. The Labute approximate surface area is 140 Å². The van der Waals surface area contributed by atoms with E-state index >= 15 is 0 Å². The van der Waals surface area contributed by atoms with E-state index in [-0.39, 0.29) is 4.90 Å². The Hall–Kier alpha value is -2.57. The highest BCUT2D eigenvalue weighted by atomic mass is 32.2. The van der Waals surface area contributed by atoms with Crippen LogP contribution in [0.25, 0.3) is 10.9 Å². The average molecular weight is 344 g/mol. The molecule has 0 saturated heterocycles. The summed E-state index contributed by atoms with van der Waals surface area (Å²) in [5.74, 6) is 0. The van der Waals surface area contributed by atoms with Crippen molar-refractivity contribution in [3.63, 3.8) is 0 Å². The molecule has 0 fully saturated rings. The molecule has 0 amide bonds. The zero-order chi connectivity index (χ0) is 17.7. The summed E-state index contributed by atoms with van der Waals surface area (Å²) in [7, 11) is -2.05. The number of carbonyl (C=O) groups excluding carboxylic acids is 1. The number of carbonyl (C=O) groups is 1. The second-order valence-corrected chi connectivity index (χ2v) is 6.73. The molecule has 1 heterocycles. The number of para-hydroxylation sites is 1. The molecule has 0 saturated carbocycles. The van der Waals surface area contributed by atoms with Crippen LogP contribution in [-0.4, -0.2) is 19.3 Å². The fraction of sp³-hybridized carbons (Fsp3) is 0.111. The summed E-state index contributed by atoms with van der Waals surface area (Å²) in [6.07, 6.45) is 2.79. The van der Waals surface area contributed by atoms with Crippen molar-refractivity contribution < 1.29 is 22.3 Å². The van der Waals surface area contributed by atoms with Crippen molar-refractivity contribution in [1.29, 1.82) is 0 Å². The third-order valence-corrected chi connectivity index (χ3v) is 4.39. The number of nitrogens with zero attached hydrogens (tertiary/aromatic N) is 1. The molecular weight excluding hydrogens is 326 g/mol. The summed E-state index contributed by atoms with van der Waals surface area (Å²) in [5.41, 5.74) is 2.78. The van der Waals surface area contributed by atoms with Crippen LogP contribution in [0.1, 0.15) is 15.9 Å². The maximum absolute atomic E-state index is 10.7. The predicted octanol–water partition coefficient (Wildman–Crippen LogP) is 2.72. The van der Waals surface area contributed by atoms with Crippen LogP contribution in [0, 0.1) is 6.92 Å². The van der Waals surface area contributed by atoms with Gasteiger partial charge in [0, 0.05) is 17.7 Å². The van der Waals surface area contributed by atoms with Gasteiger partial charge in [-0.1, -0.05) is 29.8 Å². The summed E-state index contributed by atoms with van der Waals surface area (Å²) in [4.78, 5) is 10.7. The van der Waals surface area contributed by atoms with Gasteiger partial charge in [-0.15, -0.1) is 0 Å². The fourth-order valence-corrected chi connectivity index (χ4v) is 2.68. The molecule has 0 aliphatic rings. The van der Waals surface area contributed by atoms with Crippen LogP contribution < -0.4 is 4.57 Å². The summed E-state index contributed by atoms with van der Waals surface area (Å²) in [6, 6.07) is 15.7. The molecule has 0 aliphatic carbocycles. The Bertz CT molecular complexity index is 964. The molecule has 1 N–H and O–H groups in total. The van der Waals surface area contributed by atoms with Gasteiger partial charge in [0.2, 0.25) is 5.52 Å². The van der Waals surface area contributed by atoms with Crippen LogP contribution in [0.4, 0.5) is 0 Å². The molecule has 0 bridgehead atoms. The molecule has 3 aromatic rings. The topological polar surface area (TPSA) is 75.3 Å². The van der Waals surface area contributed by atoms with Crippen molar-refractivity contribution in [2.24, 2.45) is 7.05 Å². The molecule has 0 spiro atoms. The third-order valence-electron chi connectivity index (χ3n) is 3.52. The van der Waals surface area contributed by atoms with E-state index in [1.54, 1.807) is 12.1 Å². The van der Waals surface area contributed by atoms with Crippen LogP contribution in [0.3, 0.4) is 0 Å². The number of pyridine rings is 1. The lowest BCUT2D eigenvalue weighted by atomic mass is 10.1. The Morgan fingerprint density at radius 3 is 2.21 bits per heavy atom. The van der Waals surface area contributed by atoms with E-state index in [0.717, 1.165) is 28.3 Å². The minimum Gasteiger partial charge on any atom is -0.298 e. The van der Waals surface area contributed by atoms with Gasteiger partial charge in [0.05, 0.1) is 10.3 Å². The number of hydrogen-bond acceptors (Lipinski definition) is 3. The fourth-order valence-electron chi connectivity index (χ4n) is 2.20. The molecule has 124 valence electrons. The van der Waals surface area contributed by atoms with Crippen LogP contribution >= 0.6 is 0 Å². The van der Waals surface area contributed by atoms with Crippen molar-refractivity contribution in [3.8, 4) is 0 Å². The lowest BCUT2D eigenvalue weighted by molar-refractivity contribution is -0.644. The van der Waals surface area contributed by atoms with E-state index in [4.69, 9.17) is 4.55 Å². The molecular formula is C18H18NO4S+. The standard InChI is InChI=1S/C11H10NO.C7H8O3S/c1-12-7-6-9(8-13)10-4-2-3-5-11(10)12;1-6-2-4-7(5-3-6)11(8,9)10/h2-8H,1H3;2-5H,1H3,(H,8,9,10)/q+1;. The summed E-state index contributed by atoms with van der Waals surface area (Å²) in [5, 5.41) is 1.00. The Morgan fingerprint density at radius 2 is 1.62 bits per heavy atom. The van der Waals surface area contributed by atoms with Crippen molar-refractivity contribution in [3.05, 3.63) is 71.9 Å². The molecule has 0 unspecified atom stereocenters. The lowest BCUT2D eigenvalue weighted by Gasteiger charge is -1.97. The van der Waals surface area contributed by atoms with E-state index in [9.17, 15) is 13.2 Å². The first-order chi connectivity index (χ1) is 11.3. The van der Waals surface area contributed by atoms with E-state index < -0.39 is 10.1 Å². The minimum atomic E-state index is -4.02. The maximum Gasteiger partial charge on any atom is 0.294 e. The van der Waals surface area contributed by atoms with Gasteiger partial charge in [-0.2, -0.15) is 8.42 Å². The smallest absolute Gasteiger partial charge is 0.294 e. The van der Waals surface area contributed by atoms with Crippen LogP contribution in [-0.2, 0) is 17.2 Å².